The molecule has 1 rings (SSSR count). The summed E-state index contributed by atoms with van der Waals surface area (Å²) in [5.41, 5.74) is 0. The number of carboxylic acid groups (broad SMARTS) is 1. The number of thioether (sulfide) groups is 1. The van der Waals surface area contributed by atoms with Gasteiger partial charge in [-0.05, 0) is 23.7 Å². The maximum atomic E-state index is 10.9. The number of hydrogen-bond acceptors (Lipinski definition) is 2. The van der Waals surface area contributed by atoms with Gasteiger partial charge in [-0.2, -0.15) is 0 Å². The second-order valence-electron chi connectivity index (χ2n) is 3.35. The molecule has 1 atom stereocenters. The molecule has 0 aliphatic rings. The fourth-order valence-electron chi connectivity index (χ4n) is 1.06. The highest BCUT2D eigenvalue weighted by atomic mass is 32.2. The van der Waals surface area contributed by atoms with Crippen molar-refractivity contribution in [3.05, 3.63) is 24.4 Å². The van der Waals surface area contributed by atoms with E-state index in [1.165, 1.54) is 11.8 Å². The molecule has 2 N–H and O–H groups in total. The maximum absolute atomic E-state index is 10.9. The van der Waals surface area contributed by atoms with E-state index in [1.54, 1.807) is 6.20 Å². The number of carbonyl (C=O) groups is 1. The van der Waals surface area contributed by atoms with Gasteiger partial charge in [-0.1, -0.05) is 13.8 Å². The zero-order valence-electron chi connectivity index (χ0n) is 8.23. The molecular formula is C10H14NO2S+. The van der Waals surface area contributed by atoms with Gasteiger partial charge in [0, 0.05) is 12.1 Å². The highest BCUT2D eigenvalue weighted by molar-refractivity contribution is 8.00. The summed E-state index contributed by atoms with van der Waals surface area (Å²) in [6, 6.07) is 5.64. The van der Waals surface area contributed by atoms with E-state index < -0.39 is 11.2 Å². The van der Waals surface area contributed by atoms with E-state index in [2.05, 4.69) is 4.98 Å². The standard InChI is InChI=1S/C10H13NO2S/c1-7(2)9(10(12)13)14-8-5-3-4-6-11-8/h3-7,9H,1-2H3,(H,12,13)/p+1. The Hall–Kier alpha value is -1.03. The average Bonchev–Trinajstić information content (AvgIpc) is 2.15. The number of H-pyrrole nitrogens is 1. The molecule has 1 aromatic rings. The molecule has 0 aliphatic heterocycles. The first kappa shape index (κ1) is 11.0. The van der Waals surface area contributed by atoms with Crippen molar-refractivity contribution in [2.45, 2.75) is 24.1 Å². The zero-order valence-corrected chi connectivity index (χ0v) is 9.04. The average molecular weight is 212 g/mol. The first-order valence-corrected chi connectivity index (χ1v) is 5.35. The van der Waals surface area contributed by atoms with E-state index >= 15 is 0 Å². The summed E-state index contributed by atoms with van der Waals surface area (Å²) in [5.74, 6) is -0.645. The van der Waals surface area contributed by atoms with E-state index in [-0.39, 0.29) is 5.92 Å². The molecule has 0 radical (unpaired) electrons. The van der Waals surface area contributed by atoms with E-state index in [9.17, 15) is 4.79 Å². The Kier molecular flexibility index (Phi) is 3.95. The maximum Gasteiger partial charge on any atom is 0.317 e. The topological polar surface area (TPSA) is 51.4 Å². The molecule has 0 spiro atoms. The first-order valence-electron chi connectivity index (χ1n) is 4.47. The fourth-order valence-corrected chi connectivity index (χ4v) is 2.00. The van der Waals surface area contributed by atoms with Gasteiger partial charge in [0.15, 0.2) is 6.20 Å². The molecular weight excluding hydrogens is 198 g/mol. The summed E-state index contributed by atoms with van der Waals surface area (Å²) in [6.07, 6.45) is 1.79. The third-order valence-corrected chi connectivity index (χ3v) is 3.29. The molecule has 0 aliphatic carbocycles. The molecule has 0 saturated carbocycles. The molecule has 0 aromatic carbocycles. The second-order valence-corrected chi connectivity index (χ2v) is 4.53. The Morgan fingerprint density at radius 3 is 2.64 bits per heavy atom. The van der Waals surface area contributed by atoms with Crippen molar-refractivity contribution in [3.63, 3.8) is 0 Å². The van der Waals surface area contributed by atoms with Gasteiger partial charge in [0.25, 0.3) is 0 Å². The summed E-state index contributed by atoms with van der Waals surface area (Å²) in [7, 11) is 0. The SMILES string of the molecule is CC(C)C(Sc1cccc[nH+]1)C(=O)O. The highest BCUT2D eigenvalue weighted by Crippen LogP contribution is 2.24. The summed E-state index contributed by atoms with van der Waals surface area (Å²) in [5, 5.41) is 9.46. The molecule has 0 saturated heterocycles. The van der Waals surface area contributed by atoms with Gasteiger partial charge in [0.1, 0.15) is 5.25 Å². The Balaban J connectivity index is 2.70. The van der Waals surface area contributed by atoms with Crippen LogP contribution in [-0.4, -0.2) is 16.3 Å². The third kappa shape index (κ3) is 3.03. The third-order valence-electron chi connectivity index (χ3n) is 1.78. The second kappa shape index (κ2) is 5.00. The van der Waals surface area contributed by atoms with Crippen molar-refractivity contribution in [1.82, 2.24) is 0 Å². The lowest BCUT2D eigenvalue weighted by molar-refractivity contribution is -0.426. The number of aromatic amines is 1. The zero-order chi connectivity index (χ0) is 10.6. The van der Waals surface area contributed by atoms with Crippen LogP contribution in [0.15, 0.2) is 29.4 Å². The minimum absolute atomic E-state index is 0.117. The highest BCUT2D eigenvalue weighted by Gasteiger charge is 2.24. The number of rotatable bonds is 4. The van der Waals surface area contributed by atoms with Crippen LogP contribution < -0.4 is 4.98 Å². The van der Waals surface area contributed by atoms with E-state index in [0.29, 0.717) is 0 Å². The number of pyridine rings is 1. The van der Waals surface area contributed by atoms with Gasteiger partial charge >= 0.3 is 5.97 Å². The van der Waals surface area contributed by atoms with Crippen LogP contribution in [-0.2, 0) is 4.79 Å². The monoisotopic (exact) mass is 212 g/mol. The summed E-state index contributed by atoms with van der Waals surface area (Å²) in [4.78, 5) is 13.9. The van der Waals surface area contributed by atoms with Crippen molar-refractivity contribution in [2.24, 2.45) is 5.92 Å². The van der Waals surface area contributed by atoms with Crippen LogP contribution in [0.2, 0.25) is 0 Å². The van der Waals surface area contributed by atoms with Crippen molar-refractivity contribution < 1.29 is 14.9 Å². The van der Waals surface area contributed by atoms with Gasteiger partial charge in [-0.15, -0.1) is 0 Å². The van der Waals surface area contributed by atoms with Gasteiger partial charge in [-0.25, -0.2) is 4.98 Å². The molecule has 0 amide bonds. The predicted octanol–water partition coefficient (Wildman–Crippen LogP) is 1.70. The lowest BCUT2D eigenvalue weighted by atomic mass is 10.1. The number of aliphatic carboxylic acids is 1. The van der Waals surface area contributed by atoms with Gasteiger partial charge < -0.3 is 5.11 Å². The van der Waals surface area contributed by atoms with E-state index in [1.807, 2.05) is 32.0 Å². The fraction of sp³-hybridized carbons (Fsp3) is 0.400. The van der Waals surface area contributed by atoms with Crippen LogP contribution in [0.25, 0.3) is 0 Å². The lowest BCUT2D eigenvalue weighted by Gasteiger charge is -2.12. The summed E-state index contributed by atoms with van der Waals surface area (Å²) < 4.78 is 0. The van der Waals surface area contributed by atoms with Crippen LogP contribution in [0.1, 0.15) is 13.8 Å². The van der Waals surface area contributed by atoms with Crippen LogP contribution in [0, 0.1) is 5.92 Å². The first-order chi connectivity index (χ1) is 6.61. The molecule has 1 heterocycles. The lowest BCUT2D eigenvalue weighted by Crippen LogP contribution is -2.23. The van der Waals surface area contributed by atoms with Crippen molar-refractivity contribution >= 4 is 17.7 Å². The van der Waals surface area contributed by atoms with Crippen molar-refractivity contribution in [1.29, 1.82) is 0 Å². The molecule has 1 unspecified atom stereocenters. The van der Waals surface area contributed by atoms with E-state index in [0.717, 1.165) is 5.03 Å². The van der Waals surface area contributed by atoms with Crippen LogP contribution in [0.5, 0.6) is 0 Å². The normalized spacial score (nSPS) is 12.8. The minimum atomic E-state index is -0.762. The Labute approximate surface area is 87.6 Å². The Morgan fingerprint density at radius 2 is 2.21 bits per heavy atom. The number of carboxylic acids is 1. The molecule has 1 aromatic heterocycles. The molecule has 4 heteroatoms. The largest absolute Gasteiger partial charge is 0.480 e. The summed E-state index contributed by atoms with van der Waals surface area (Å²) >= 11 is 1.35. The van der Waals surface area contributed by atoms with Crippen molar-refractivity contribution in [2.75, 3.05) is 0 Å². The Morgan fingerprint density at radius 1 is 1.50 bits per heavy atom. The number of nitrogens with one attached hydrogen (secondary N) is 1. The minimum Gasteiger partial charge on any atom is -0.480 e. The van der Waals surface area contributed by atoms with E-state index in [4.69, 9.17) is 5.11 Å². The van der Waals surface area contributed by atoms with Gasteiger partial charge in [-0.3, -0.25) is 4.79 Å². The predicted molar refractivity (Wildman–Crippen MR) is 55.1 cm³/mol. The van der Waals surface area contributed by atoms with Crippen molar-refractivity contribution in [3.8, 4) is 0 Å². The smallest absolute Gasteiger partial charge is 0.317 e. The van der Waals surface area contributed by atoms with Gasteiger partial charge in [0.05, 0.1) is 0 Å². The molecule has 0 fully saturated rings. The number of hydrogen-bond donors (Lipinski definition) is 1. The molecule has 14 heavy (non-hydrogen) atoms. The molecule has 76 valence electrons. The summed E-state index contributed by atoms with van der Waals surface area (Å²) in [6.45, 7) is 3.82. The van der Waals surface area contributed by atoms with Gasteiger partial charge in [0.2, 0.25) is 5.03 Å². The van der Waals surface area contributed by atoms with Crippen LogP contribution in [0.4, 0.5) is 0 Å². The quantitative estimate of drug-likeness (QED) is 0.773. The Bertz CT molecular complexity index is 300. The molecule has 3 nitrogen and oxygen atoms in total. The van der Waals surface area contributed by atoms with Crippen LogP contribution >= 0.6 is 11.8 Å². The number of aromatic nitrogens is 1. The van der Waals surface area contributed by atoms with Crippen LogP contribution in [0.3, 0.4) is 0 Å². The molecule has 0 bridgehead atoms.